The molecule has 1 N–H and O–H groups in total. The van der Waals surface area contributed by atoms with Crippen molar-refractivity contribution >= 4 is 11.9 Å². The van der Waals surface area contributed by atoms with Crippen molar-refractivity contribution in [3.8, 4) is 0 Å². The third-order valence-electron chi connectivity index (χ3n) is 7.62. The molecule has 4 heterocycles. The van der Waals surface area contributed by atoms with Crippen molar-refractivity contribution in [1.82, 2.24) is 30.0 Å². The number of fused-ring (bicyclic) bond motifs is 1. The molecule has 5 rings (SSSR count). The zero-order valence-corrected chi connectivity index (χ0v) is 20.7. The van der Waals surface area contributed by atoms with E-state index in [0.29, 0.717) is 12.4 Å². The maximum Gasteiger partial charge on any atom is 0.422 e. The Labute approximate surface area is 221 Å². The average Bonchev–Trinajstić information content (AvgIpc) is 3.30. The number of nitrogens with one attached hydrogen (secondary N) is 1. The first-order valence-electron chi connectivity index (χ1n) is 12.4. The Kier molecular flexibility index (Phi) is 6.99. The number of hydrogen-bond donors (Lipinski definition) is 1. The molecule has 9 nitrogen and oxygen atoms in total. The van der Waals surface area contributed by atoms with Crippen molar-refractivity contribution in [3.63, 3.8) is 0 Å². The Morgan fingerprint density at radius 2 is 1.62 bits per heavy atom. The molecule has 0 aromatic carbocycles. The van der Waals surface area contributed by atoms with Crippen LogP contribution < -0.4 is 10.5 Å². The molecule has 2 fully saturated rings. The molecular weight excluding hydrogens is 558 g/mol. The lowest BCUT2D eigenvalue weighted by atomic mass is 9.90. The maximum atomic E-state index is 15.0. The van der Waals surface area contributed by atoms with Crippen LogP contribution in [-0.4, -0.2) is 81.1 Å². The van der Waals surface area contributed by atoms with Crippen LogP contribution in [-0.2, 0) is 23.6 Å². The van der Waals surface area contributed by atoms with Crippen molar-refractivity contribution in [1.29, 1.82) is 0 Å². The minimum absolute atomic E-state index is 0.000206. The van der Waals surface area contributed by atoms with Gasteiger partial charge in [0.2, 0.25) is 11.9 Å². The van der Waals surface area contributed by atoms with Gasteiger partial charge in [0, 0.05) is 58.1 Å². The SMILES string of the molecule is O=C(C1CN(C2CCc3c2n[nH]c(=O)c3C(F)(F)F)CCC1(F)F)N1CCN(c2ncc(C(F)(F)F)cn2)CC1. The lowest BCUT2D eigenvalue weighted by Gasteiger charge is -2.43. The molecule has 3 aliphatic rings. The number of carbonyl (C=O) groups is 1. The second kappa shape index (κ2) is 9.92. The first-order valence-corrected chi connectivity index (χ1v) is 12.4. The number of carbonyl (C=O) groups excluding carboxylic acids is 1. The number of anilines is 1. The van der Waals surface area contributed by atoms with Gasteiger partial charge in [-0.05, 0) is 18.4 Å². The molecule has 218 valence electrons. The van der Waals surface area contributed by atoms with E-state index in [4.69, 9.17) is 0 Å². The molecule has 2 aliphatic heterocycles. The summed E-state index contributed by atoms with van der Waals surface area (Å²) in [5.74, 6) is -5.94. The second-order valence-corrected chi connectivity index (χ2v) is 9.98. The summed E-state index contributed by atoms with van der Waals surface area (Å²) in [5.41, 5.74) is -4.03. The Balaban J connectivity index is 1.27. The number of hydrogen-bond acceptors (Lipinski definition) is 7. The third kappa shape index (κ3) is 5.22. The number of alkyl halides is 8. The van der Waals surface area contributed by atoms with Crippen molar-refractivity contribution < 1.29 is 39.9 Å². The smallest absolute Gasteiger partial charge is 0.339 e. The van der Waals surface area contributed by atoms with E-state index >= 15 is 0 Å². The van der Waals surface area contributed by atoms with Crippen LogP contribution in [0.4, 0.5) is 41.1 Å². The van der Waals surface area contributed by atoms with Gasteiger partial charge in [-0.3, -0.25) is 14.5 Å². The summed E-state index contributed by atoms with van der Waals surface area (Å²) in [6.45, 7) is -0.388. The van der Waals surface area contributed by atoms with E-state index in [1.165, 1.54) is 14.7 Å². The number of nitrogens with zero attached hydrogens (tertiary/aromatic N) is 6. The molecule has 2 saturated heterocycles. The van der Waals surface area contributed by atoms with Crippen molar-refractivity contribution in [2.45, 2.75) is 43.6 Å². The molecule has 2 aromatic rings. The molecule has 1 amide bonds. The largest absolute Gasteiger partial charge is 0.422 e. The number of amides is 1. The van der Waals surface area contributed by atoms with Crippen molar-refractivity contribution in [2.75, 3.05) is 44.2 Å². The summed E-state index contributed by atoms with van der Waals surface area (Å²) in [7, 11) is 0. The summed E-state index contributed by atoms with van der Waals surface area (Å²) >= 11 is 0. The zero-order valence-electron chi connectivity index (χ0n) is 20.7. The van der Waals surface area contributed by atoms with Crippen LogP contribution >= 0.6 is 0 Å². The monoisotopic (exact) mass is 581 g/mol. The minimum Gasteiger partial charge on any atom is -0.339 e. The third-order valence-corrected chi connectivity index (χ3v) is 7.62. The number of likely N-dealkylation sites (tertiary alicyclic amines) is 1. The van der Waals surface area contributed by atoms with Gasteiger partial charge in [0.15, 0.2) is 0 Å². The number of H-pyrrole nitrogens is 1. The van der Waals surface area contributed by atoms with E-state index in [1.807, 2.05) is 5.10 Å². The van der Waals surface area contributed by atoms with Gasteiger partial charge < -0.3 is 9.80 Å². The van der Waals surface area contributed by atoms with Crippen LogP contribution in [0.2, 0.25) is 0 Å². The number of halogens is 8. The van der Waals surface area contributed by atoms with Gasteiger partial charge in [0.1, 0.15) is 11.5 Å². The zero-order chi connectivity index (χ0) is 29.0. The first kappa shape index (κ1) is 28.2. The summed E-state index contributed by atoms with van der Waals surface area (Å²) in [4.78, 5) is 36.8. The summed E-state index contributed by atoms with van der Waals surface area (Å²) in [5, 5.41) is 5.66. The Hall–Kier alpha value is -3.37. The highest BCUT2D eigenvalue weighted by atomic mass is 19.4. The van der Waals surface area contributed by atoms with Gasteiger partial charge in [-0.15, -0.1) is 0 Å². The van der Waals surface area contributed by atoms with Gasteiger partial charge in [-0.2, -0.15) is 31.4 Å². The number of rotatable bonds is 3. The number of piperidine rings is 1. The molecule has 1 aliphatic carbocycles. The van der Waals surface area contributed by atoms with Crippen molar-refractivity contribution in [2.24, 2.45) is 5.92 Å². The molecule has 0 bridgehead atoms. The standard InChI is InChI=1S/C23H23F8N7O2/c24-21(25)3-4-38(15-2-1-13-16(23(29,30)31)18(39)35-34-17(13)15)11-14(21)19(40)36-5-7-37(8-6-36)20-32-9-12(10-33-20)22(26,27)28/h9-10,14-15H,1-8,11H2,(H,35,39). The average molecular weight is 581 g/mol. The predicted molar refractivity (Wildman–Crippen MR) is 121 cm³/mol. The van der Waals surface area contributed by atoms with Gasteiger partial charge in [0.05, 0.1) is 17.3 Å². The molecule has 0 radical (unpaired) electrons. The van der Waals surface area contributed by atoms with Gasteiger partial charge >= 0.3 is 12.4 Å². The van der Waals surface area contributed by atoms with Crippen LogP contribution in [0.15, 0.2) is 17.2 Å². The summed E-state index contributed by atoms with van der Waals surface area (Å²) < 4.78 is 109. The Morgan fingerprint density at radius 1 is 0.975 bits per heavy atom. The first-order chi connectivity index (χ1) is 18.7. The number of aromatic nitrogens is 4. The molecule has 17 heteroatoms. The lowest BCUT2D eigenvalue weighted by Crippen LogP contribution is -2.58. The van der Waals surface area contributed by atoms with Crippen LogP contribution in [0.25, 0.3) is 0 Å². The fraction of sp³-hybridized carbons (Fsp3) is 0.609. The van der Waals surface area contributed by atoms with E-state index in [9.17, 15) is 44.7 Å². The van der Waals surface area contributed by atoms with Gasteiger partial charge in [-0.25, -0.2) is 23.8 Å². The van der Waals surface area contributed by atoms with E-state index in [0.717, 1.165) is 0 Å². The van der Waals surface area contributed by atoms with E-state index < -0.39 is 65.8 Å². The van der Waals surface area contributed by atoms with Crippen molar-refractivity contribution in [3.05, 3.63) is 45.1 Å². The minimum atomic E-state index is -4.91. The normalized spacial score (nSPS) is 23.8. The summed E-state index contributed by atoms with van der Waals surface area (Å²) in [6, 6.07) is -0.770. The van der Waals surface area contributed by atoms with E-state index in [2.05, 4.69) is 15.1 Å². The number of piperazine rings is 1. The highest BCUT2D eigenvalue weighted by molar-refractivity contribution is 5.80. The van der Waals surface area contributed by atoms with Crippen LogP contribution in [0.3, 0.4) is 0 Å². The quantitative estimate of drug-likeness (QED) is 0.557. The molecular formula is C23H23F8N7O2. The summed E-state index contributed by atoms with van der Waals surface area (Å²) in [6.07, 6.45) is -8.90. The van der Waals surface area contributed by atoms with Crippen LogP contribution in [0.5, 0.6) is 0 Å². The highest BCUT2D eigenvalue weighted by Gasteiger charge is 2.52. The molecule has 2 unspecified atom stereocenters. The fourth-order valence-corrected chi connectivity index (χ4v) is 5.55. The molecule has 0 spiro atoms. The van der Waals surface area contributed by atoms with E-state index in [1.54, 1.807) is 0 Å². The number of aromatic amines is 1. The molecule has 0 saturated carbocycles. The van der Waals surface area contributed by atoms with Crippen LogP contribution in [0.1, 0.15) is 41.3 Å². The maximum absolute atomic E-state index is 15.0. The Morgan fingerprint density at radius 3 is 2.23 bits per heavy atom. The van der Waals surface area contributed by atoms with E-state index in [-0.39, 0.29) is 62.8 Å². The van der Waals surface area contributed by atoms with Gasteiger partial charge in [-0.1, -0.05) is 0 Å². The molecule has 2 atom stereocenters. The van der Waals surface area contributed by atoms with Gasteiger partial charge in [0.25, 0.3) is 11.5 Å². The molecule has 40 heavy (non-hydrogen) atoms. The van der Waals surface area contributed by atoms with Crippen LogP contribution in [0, 0.1) is 5.92 Å². The predicted octanol–water partition coefficient (Wildman–Crippen LogP) is 2.89. The topological polar surface area (TPSA) is 98.3 Å². The Bertz CT molecular complexity index is 1320. The molecule has 2 aromatic heterocycles. The fourth-order valence-electron chi connectivity index (χ4n) is 5.55. The highest BCUT2D eigenvalue weighted by Crippen LogP contribution is 2.43. The lowest BCUT2D eigenvalue weighted by molar-refractivity contribution is -0.162. The second-order valence-electron chi connectivity index (χ2n) is 9.98.